The van der Waals surface area contributed by atoms with Gasteiger partial charge in [0, 0.05) is 30.3 Å². The number of fused-ring (bicyclic) bond motifs is 3. The van der Waals surface area contributed by atoms with Crippen molar-refractivity contribution in [2.45, 2.75) is 63.6 Å². The van der Waals surface area contributed by atoms with Gasteiger partial charge in [-0.1, -0.05) is 38.8 Å². The van der Waals surface area contributed by atoms with Gasteiger partial charge in [0.2, 0.25) is 5.78 Å². The molecule has 10 heteroatoms. The Labute approximate surface area is 207 Å². The van der Waals surface area contributed by atoms with Gasteiger partial charge in [0.15, 0.2) is 11.4 Å². The van der Waals surface area contributed by atoms with E-state index in [0.29, 0.717) is 12.0 Å². The molecule has 2 unspecified atom stereocenters. The first-order valence-corrected chi connectivity index (χ1v) is 11.9. The fourth-order valence-electron chi connectivity index (χ4n) is 5.81. The van der Waals surface area contributed by atoms with Gasteiger partial charge < -0.3 is 30.9 Å². The SMILES string of the molecule is CCCCCC(=O)O[C@H]1C2C(=C(O)c3c(O)cccc3[C@@H]2C)C(=O)[C@]2(O)C(O)=C(C(N)=O)C(=O)CC12. The molecule has 4 rings (SSSR count). The van der Waals surface area contributed by atoms with Crippen molar-refractivity contribution < 1.29 is 44.3 Å². The predicted molar refractivity (Wildman–Crippen MR) is 126 cm³/mol. The van der Waals surface area contributed by atoms with Crippen molar-refractivity contribution >= 4 is 29.2 Å². The molecule has 1 saturated carbocycles. The third kappa shape index (κ3) is 3.59. The van der Waals surface area contributed by atoms with Crippen LogP contribution in [0.1, 0.15) is 63.0 Å². The molecule has 192 valence electrons. The molecule has 0 radical (unpaired) electrons. The van der Waals surface area contributed by atoms with Crippen LogP contribution in [0, 0.1) is 11.8 Å². The number of ketones is 2. The minimum Gasteiger partial charge on any atom is -0.508 e. The Kier molecular flexibility index (Phi) is 6.42. The lowest BCUT2D eigenvalue weighted by Gasteiger charge is -2.51. The molecule has 5 atom stereocenters. The first kappa shape index (κ1) is 25.4. The minimum absolute atomic E-state index is 0.0230. The number of nitrogens with two attached hydrogens (primary N) is 1. The number of Topliss-reactive ketones (excluding diaryl/α,β-unsaturated/α-hetero) is 2. The Hall–Kier alpha value is -3.66. The fraction of sp³-hybridized carbons (Fsp3) is 0.462. The molecule has 1 amide bonds. The summed E-state index contributed by atoms with van der Waals surface area (Å²) in [5.74, 6) is -9.22. The summed E-state index contributed by atoms with van der Waals surface area (Å²) in [6.07, 6.45) is 0.309. The van der Waals surface area contributed by atoms with Gasteiger partial charge in [-0.2, -0.15) is 0 Å². The van der Waals surface area contributed by atoms with Crippen LogP contribution in [0.4, 0.5) is 0 Å². The maximum atomic E-state index is 13.8. The van der Waals surface area contributed by atoms with E-state index in [9.17, 15) is 39.6 Å². The minimum atomic E-state index is -2.85. The van der Waals surface area contributed by atoms with Crippen LogP contribution >= 0.6 is 0 Å². The van der Waals surface area contributed by atoms with E-state index in [0.717, 1.165) is 12.8 Å². The largest absolute Gasteiger partial charge is 0.508 e. The lowest BCUT2D eigenvalue weighted by atomic mass is 9.55. The number of esters is 1. The van der Waals surface area contributed by atoms with Crippen molar-refractivity contribution in [3.63, 3.8) is 0 Å². The number of phenols is 1. The van der Waals surface area contributed by atoms with Crippen LogP contribution in [0.5, 0.6) is 5.75 Å². The predicted octanol–water partition coefficient (Wildman–Crippen LogP) is 2.09. The highest BCUT2D eigenvalue weighted by Crippen LogP contribution is 2.56. The average Bonchev–Trinajstić information content (AvgIpc) is 2.81. The Morgan fingerprint density at radius 3 is 2.50 bits per heavy atom. The van der Waals surface area contributed by atoms with Crippen LogP contribution in [-0.2, 0) is 23.9 Å². The number of phenolic OH excluding ortho intramolecular Hbond substituents is 1. The van der Waals surface area contributed by atoms with Gasteiger partial charge in [-0.25, -0.2) is 0 Å². The molecule has 0 spiro atoms. The van der Waals surface area contributed by atoms with E-state index in [1.807, 2.05) is 6.92 Å². The molecule has 3 aliphatic rings. The number of hydrogen-bond acceptors (Lipinski definition) is 9. The van der Waals surface area contributed by atoms with Gasteiger partial charge >= 0.3 is 5.97 Å². The van der Waals surface area contributed by atoms with Crippen molar-refractivity contribution in [2.24, 2.45) is 17.6 Å². The number of unbranched alkanes of at least 4 members (excludes halogenated alkanes) is 2. The summed E-state index contributed by atoms with van der Waals surface area (Å²) in [4.78, 5) is 51.2. The van der Waals surface area contributed by atoms with E-state index in [1.54, 1.807) is 19.1 Å². The maximum Gasteiger partial charge on any atom is 0.306 e. The summed E-state index contributed by atoms with van der Waals surface area (Å²) in [6, 6.07) is 4.53. The second kappa shape index (κ2) is 9.09. The number of ether oxygens (including phenoxy) is 1. The van der Waals surface area contributed by atoms with Crippen LogP contribution in [0.15, 0.2) is 35.1 Å². The molecular weight excluding hydrogens is 470 g/mol. The fourth-order valence-corrected chi connectivity index (χ4v) is 5.81. The number of primary amides is 1. The molecule has 1 aromatic carbocycles. The number of aliphatic hydroxyl groups excluding tert-OH is 2. The first-order valence-electron chi connectivity index (χ1n) is 11.9. The highest BCUT2D eigenvalue weighted by Gasteiger charge is 2.66. The molecule has 0 heterocycles. The summed E-state index contributed by atoms with van der Waals surface area (Å²) in [7, 11) is 0. The summed E-state index contributed by atoms with van der Waals surface area (Å²) in [6.45, 7) is 3.67. The average molecular weight is 500 g/mol. The van der Waals surface area contributed by atoms with E-state index in [4.69, 9.17) is 10.5 Å². The highest BCUT2D eigenvalue weighted by atomic mass is 16.5. The zero-order valence-corrected chi connectivity index (χ0v) is 20.0. The summed E-state index contributed by atoms with van der Waals surface area (Å²) in [5, 5.41) is 44.0. The number of hydrogen-bond donors (Lipinski definition) is 5. The molecule has 0 saturated heterocycles. The highest BCUT2D eigenvalue weighted by molar-refractivity contribution is 6.23. The second-order valence-corrected chi connectivity index (χ2v) is 9.65. The van der Waals surface area contributed by atoms with Crippen molar-refractivity contribution in [3.8, 4) is 5.75 Å². The Bertz CT molecular complexity index is 1230. The Morgan fingerprint density at radius 2 is 1.86 bits per heavy atom. The topological polar surface area (TPSA) is 184 Å². The van der Waals surface area contributed by atoms with Crippen LogP contribution in [0.2, 0.25) is 0 Å². The molecule has 6 N–H and O–H groups in total. The zero-order chi connectivity index (χ0) is 26.5. The summed E-state index contributed by atoms with van der Waals surface area (Å²) >= 11 is 0. The summed E-state index contributed by atoms with van der Waals surface area (Å²) < 4.78 is 5.79. The number of amides is 1. The van der Waals surface area contributed by atoms with E-state index in [1.165, 1.54) is 6.07 Å². The Morgan fingerprint density at radius 1 is 1.17 bits per heavy atom. The first-order chi connectivity index (χ1) is 17.0. The number of aromatic hydroxyl groups is 1. The normalized spacial score (nSPS) is 29.4. The van der Waals surface area contributed by atoms with Gasteiger partial charge in [-0.05, 0) is 24.0 Å². The van der Waals surface area contributed by atoms with E-state index in [-0.39, 0.29) is 23.3 Å². The van der Waals surface area contributed by atoms with Gasteiger partial charge in [0.25, 0.3) is 5.91 Å². The Balaban J connectivity index is 1.94. The van der Waals surface area contributed by atoms with Crippen LogP contribution in [-0.4, -0.2) is 55.6 Å². The molecule has 0 bridgehead atoms. The smallest absolute Gasteiger partial charge is 0.306 e. The molecule has 36 heavy (non-hydrogen) atoms. The lowest BCUT2D eigenvalue weighted by molar-refractivity contribution is -0.178. The molecule has 0 aromatic heterocycles. The zero-order valence-electron chi connectivity index (χ0n) is 20.0. The van der Waals surface area contributed by atoms with Crippen molar-refractivity contribution in [1.29, 1.82) is 0 Å². The molecule has 0 aliphatic heterocycles. The number of carbonyl (C=O) groups excluding carboxylic acids is 4. The quantitative estimate of drug-likeness (QED) is 0.222. The third-order valence-corrected chi connectivity index (χ3v) is 7.59. The second-order valence-electron chi connectivity index (χ2n) is 9.65. The van der Waals surface area contributed by atoms with Gasteiger partial charge in [-0.15, -0.1) is 0 Å². The molecule has 1 aromatic rings. The lowest BCUT2D eigenvalue weighted by Crippen LogP contribution is -2.64. The van der Waals surface area contributed by atoms with E-state index in [2.05, 4.69) is 0 Å². The van der Waals surface area contributed by atoms with E-state index >= 15 is 0 Å². The van der Waals surface area contributed by atoms with Gasteiger partial charge in [0.1, 0.15) is 28.9 Å². The number of rotatable bonds is 6. The monoisotopic (exact) mass is 499 g/mol. The van der Waals surface area contributed by atoms with E-state index < -0.39 is 76.4 Å². The van der Waals surface area contributed by atoms with Crippen LogP contribution in [0.25, 0.3) is 5.76 Å². The van der Waals surface area contributed by atoms with Crippen molar-refractivity contribution in [3.05, 3.63) is 46.2 Å². The maximum absolute atomic E-state index is 13.8. The van der Waals surface area contributed by atoms with Crippen LogP contribution in [0.3, 0.4) is 0 Å². The standard InChI is InChI=1S/C26H29NO9/c1-3-4-5-9-16(30)36-22-13-10-15(29)19(25(27)34)23(32)26(13,35)24(33)20-17(22)11(2)12-7-6-8-14(28)18(12)21(20)31/h6-8,11,13,17,22,28,31-32,35H,3-5,9-10H2,1-2H3,(H2,27,34)/t11-,13?,17?,22+,26+/m0/s1. The number of aliphatic hydroxyl groups is 3. The van der Waals surface area contributed by atoms with Crippen molar-refractivity contribution in [2.75, 3.05) is 0 Å². The molecule has 3 aliphatic carbocycles. The number of carbonyl (C=O) groups is 4. The van der Waals surface area contributed by atoms with Crippen LogP contribution < -0.4 is 5.73 Å². The molecule has 1 fully saturated rings. The van der Waals surface area contributed by atoms with Crippen molar-refractivity contribution in [1.82, 2.24) is 0 Å². The summed E-state index contributed by atoms with van der Waals surface area (Å²) in [5.41, 5.74) is 1.56. The molecule has 10 nitrogen and oxygen atoms in total. The number of benzene rings is 1. The molecular formula is C26H29NO9. The third-order valence-electron chi connectivity index (χ3n) is 7.59. The van der Waals surface area contributed by atoms with Gasteiger partial charge in [0.05, 0.1) is 5.56 Å². The van der Waals surface area contributed by atoms with Gasteiger partial charge in [-0.3, -0.25) is 19.2 Å².